The van der Waals surface area contributed by atoms with E-state index in [0.29, 0.717) is 12.1 Å². The van der Waals surface area contributed by atoms with Gasteiger partial charge in [-0.15, -0.1) is 0 Å². The van der Waals surface area contributed by atoms with Crippen molar-refractivity contribution < 1.29 is 0 Å². The third-order valence-electron chi connectivity index (χ3n) is 3.69. The lowest BCUT2D eigenvalue weighted by Crippen LogP contribution is -2.22. The van der Waals surface area contributed by atoms with Crippen molar-refractivity contribution in [1.82, 2.24) is 5.32 Å². The molecular formula is C18H23N. The van der Waals surface area contributed by atoms with Crippen LogP contribution in [0.1, 0.15) is 49.5 Å². The van der Waals surface area contributed by atoms with Gasteiger partial charge in [0.2, 0.25) is 0 Å². The molecular weight excluding hydrogens is 230 g/mol. The van der Waals surface area contributed by atoms with Crippen LogP contribution in [0.4, 0.5) is 0 Å². The molecule has 0 spiro atoms. The van der Waals surface area contributed by atoms with E-state index < -0.39 is 0 Å². The predicted molar refractivity (Wildman–Crippen MR) is 82.2 cm³/mol. The van der Waals surface area contributed by atoms with Gasteiger partial charge in [-0.2, -0.15) is 0 Å². The Morgan fingerprint density at radius 2 is 1.32 bits per heavy atom. The van der Waals surface area contributed by atoms with Crippen molar-refractivity contribution in [2.75, 3.05) is 0 Å². The van der Waals surface area contributed by atoms with E-state index in [2.05, 4.69) is 80.7 Å². The van der Waals surface area contributed by atoms with Crippen LogP contribution in [0.2, 0.25) is 0 Å². The van der Waals surface area contributed by atoms with Gasteiger partial charge in [0.15, 0.2) is 0 Å². The van der Waals surface area contributed by atoms with E-state index in [1.54, 1.807) is 0 Å². The first-order valence-electron chi connectivity index (χ1n) is 7.10. The Morgan fingerprint density at radius 3 is 1.84 bits per heavy atom. The van der Waals surface area contributed by atoms with Gasteiger partial charge in [-0.05, 0) is 37.0 Å². The quantitative estimate of drug-likeness (QED) is 0.817. The van der Waals surface area contributed by atoms with Crippen molar-refractivity contribution in [3.63, 3.8) is 0 Å². The van der Waals surface area contributed by atoms with Crippen molar-refractivity contribution in [1.29, 1.82) is 0 Å². The molecule has 1 heteroatoms. The van der Waals surface area contributed by atoms with E-state index in [-0.39, 0.29) is 0 Å². The van der Waals surface area contributed by atoms with Gasteiger partial charge >= 0.3 is 0 Å². The lowest BCUT2D eigenvalue weighted by atomic mass is 10.0. The molecule has 100 valence electrons. The van der Waals surface area contributed by atoms with Crippen molar-refractivity contribution in [2.24, 2.45) is 0 Å². The summed E-state index contributed by atoms with van der Waals surface area (Å²) in [5.41, 5.74) is 4.08. The summed E-state index contributed by atoms with van der Waals surface area (Å²) < 4.78 is 0. The van der Waals surface area contributed by atoms with Crippen LogP contribution in [-0.2, 0) is 6.42 Å². The maximum absolute atomic E-state index is 3.65. The van der Waals surface area contributed by atoms with Crippen LogP contribution in [0.25, 0.3) is 0 Å². The fraction of sp³-hybridized carbons (Fsp3) is 0.333. The molecule has 2 atom stereocenters. The molecule has 0 radical (unpaired) electrons. The fourth-order valence-electron chi connectivity index (χ4n) is 2.35. The molecule has 1 N–H and O–H groups in total. The molecule has 0 aliphatic heterocycles. The number of aryl methyl sites for hydroxylation is 1. The molecule has 2 rings (SSSR count). The summed E-state index contributed by atoms with van der Waals surface area (Å²) >= 11 is 0. The Morgan fingerprint density at radius 1 is 0.789 bits per heavy atom. The maximum Gasteiger partial charge on any atom is 0.0297 e. The van der Waals surface area contributed by atoms with Gasteiger partial charge in [-0.3, -0.25) is 0 Å². The first-order valence-corrected chi connectivity index (χ1v) is 7.10. The van der Waals surface area contributed by atoms with E-state index in [4.69, 9.17) is 0 Å². The summed E-state index contributed by atoms with van der Waals surface area (Å²) in [6.07, 6.45) is 1.10. The number of hydrogen-bond acceptors (Lipinski definition) is 1. The summed E-state index contributed by atoms with van der Waals surface area (Å²) in [6.45, 7) is 6.63. The van der Waals surface area contributed by atoms with Gasteiger partial charge in [-0.25, -0.2) is 0 Å². The van der Waals surface area contributed by atoms with E-state index in [0.717, 1.165) is 6.42 Å². The van der Waals surface area contributed by atoms with E-state index in [1.165, 1.54) is 16.7 Å². The molecule has 0 saturated carbocycles. The number of hydrogen-bond donors (Lipinski definition) is 1. The monoisotopic (exact) mass is 253 g/mol. The van der Waals surface area contributed by atoms with E-state index >= 15 is 0 Å². The van der Waals surface area contributed by atoms with E-state index in [1.807, 2.05) is 0 Å². The first kappa shape index (κ1) is 13.8. The summed E-state index contributed by atoms with van der Waals surface area (Å²) in [4.78, 5) is 0. The van der Waals surface area contributed by atoms with Gasteiger partial charge in [0.1, 0.15) is 0 Å². The molecule has 0 bridgehead atoms. The summed E-state index contributed by atoms with van der Waals surface area (Å²) in [6, 6.07) is 20.2. The van der Waals surface area contributed by atoms with Crippen LogP contribution in [0.5, 0.6) is 0 Å². The van der Waals surface area contributed by atoms with Crippen molar-refractivity contribution in [2.45, 2.75) is 39.3 Å². The highest BCUT2D eigenvalue weighted by molar-refractivity contribution is 5.25. The molecule has 0 heterocycles. The highest BCUT2D eigenvalue weighted by Crippen LogP contribution is 2.19. The Bertz CT molecular complexity index is 487. The molecule has 0 aliphatic rings. The van der Waals surface area contributed by atoms with Crippen molar-refractivity contribution >= 4 is 0 Å². The maximum atomic E-state index is 3.65. The zero-order valence-electron chi connectivity index (χ0n) is 12.1. The predicted octanol–water partition coefficient (Wildman–Crippen LogP) is 4.66. The van der Waals surface area contributed by atoms with Crippen LogP contribution in [0, 0.1) is 0 Å². The molecule has 0 aromatic heterocycles. The molecule has 0 amide bonds. The minimum Gasteiger partial charge on any atom is -0.304 e. The lowest BCUT2D eigenvalue weighted by Gasteiger charge is -2.21. The third kappa shape index (κ3) is 3.68. The molecule has 2 aromatic carbocycles. The highest BCUT2D eigenvalue weighted by atomic mass is 14.9. The smallest absolute Gasteiger partial charge is 0.0297 e. The minimum absolute atomic E-state index is 0.362. The first-order chi connectivity index (χ1) is 9.20. The van der Waals surface area contributed by atoms with Crippen molar-refractivity contribution in [3.05, 3.63) is 71.3 Å². The van der Waals surface area contributed by atoms with Crippen LogP contribution in [0.15, 0.2) is 54.6 Å². The summed E-state index contributed by atoms with van der Waals surface area (Å²) in [7, 11) is 0. The Balaban J connectivity index is 2.02. The van der Waals surface area contributed by atoms with Crippen LogP contribution < -0.4 is 5.32 Å². The number of nitrogens with one attached hydrogen (secondary N) is 1. The fourth-order valence-corrected chi connectivity index (χ4v) is 2.35. The highest BCUT2D eigenvalue weighted by Gasteiger charge is 2.10. The number of benzene rings is 2. The SMILES string of the molecule is CCc1ccc(C(C)N[C@@H](C)c2ccccc2)cc1. The molecule has 0 saturated heterocycles. The van der Waals surface area contributed by atoms with Gasteiger partial charge in [0, 0.05) is 12.1 Å². The minimum atomic E-state index is 0.362. The third-order valence-corrected chi connectivity index (χ3v) is 3.69. The van der Waals surface area contributed by atoms with Crippen LogP contribution in [-0.4, -0.2) is 0 Å². The molecule has 0 aliphatic carbocycles. The second kappa shape index (κ2) is 6.53. The summed E-state index contributed by atoms with van der Waals surface area (Å²) in [5.74, 6) is 0. The van der Waals surface area contributed by atoms with E-state index in [9.17, 15) is 0 Å². The van der Waals surface area contributed by atoms with Gasteiger partial charge < -0.3 is 5.32 Å². The zero-order valence-corrected chi connectivity index (χ0v) is 12.1. The molecule has 1 unspecified atom stereocenters. The molecule has 2 aromatic rings. The number of rotatable bonds is 5. The van der Waals surface area contributed by atoms with Crippen molar-refractivity contribution in [3.8, 4) is 0 Å². The Hall–Kier alpha value is -1.60. The van der Waals surface area contributed by atoms with Crippen LogP contribution >= 0.6 is 0 Å². The second-order valence-corrected chi connectivity index (χ2v) is 5.12. The normalized spacial score (nSPS) is 14.1. The Kier molecular flexibility index (Phi) is 4.75. The Labute approximate surface area is 116 Å². The molecule has 0 fully saturated rings. The molecule has 1 nitrogen and oxygen atoms in total. The average Bonchev–Trinajstić information content (AvgIpc) is 2.48. The zero-order chi connectivity index (χ0) is 13.7. The lowest BCUT2D eigenvalue weighted by molar-refractivity contribution is 0.494. The van der Waals surface area contributed by atoms with Gasteiger partial charge in [-0.1, -0.05) is 61.5 Å². The largest absolute Gasteiger partial charge is 0.304 e. The topological polar surface area (TPSA) is 12.0 Å². The standard InChI is InChI=1S/C18H23N/c1-4-16-10-12-18(13-11-16)15(3)19-14(2)17-8-6-5-7-9-17/h5-15,19H,4H2,1-3H3/t14-,15?/m0/s1. The van der Waals surface area contributed by atoms with Gasteiger partial charge in [0.25, 0.3) is 0 Å². The average molecular weight is 253 g/mol. The van der Waals surface area contributed by atoms with Crippen LogP contribution in [0.3, 0.4) is 0 Å². The molecule has 19 heavy (non-hydrogen) atoms. The summed E-state index contributed by atoms with van der Waals surface area (Å²) in [5, 5.41) is 3.65. The van der Waals surface area contributed by atoms with Gasteiger partial charge in [0.05, 0.1) is 0 Å². The second-order valence-electron chi connectivity index (χ2n) is 5.12.